The van der Waals surface area contributed by atoms with E-state index in [0.717, 1.165) is 31.0 Å². The third-order valence-electron chi connectivity index (χ3n) is 4.65. The molecule has 10 nitrogen and oxygen atoms in total. The Labute approximate surface area is 199 Å². The minimum absolute atomic E-state index is 0.0734. The summed E-state index contributed by atoms with van der Waals surface area (Å²) in [4.78, 5) is 32.8. The average Bonchev–Trinajstić information content (AvgIpc) is 2.83. The number of non-ortho nitro benzene ring substituents is 2. The summed E-state index contributed by atoms with van der Waals surface area (Å²) in [6, 6.07) is 19.7. The van der Waals surface area contributed by atoms with E-state index < -0.39 is 27.1 Å². The fourth-order valence-corrected chi connectivity index (χ4v) is 3.23. The summed E-state index contributed by atoms with van der Waals surface area (Å²) in [6.07, 6.45) is 1.79. The number of aryl methyl sites for hydroxylation is 1. The zero-order valence-corrected chi connectivity index (χ0v) is 18.6. The van der Waals surface area contributed by atoms with Crippen molar-refractivity contribution in [3.8, 4) is 5.75 Å². The summed E-state index contributed by atoms with van der Waals surface area (Å²) in [5.74, 6) is -0.139. The third kappa shape index (κ3) is 7.07. The number of rotatable bonds is 9. The van der Waals surface area contributed by atoms with Crippen molar-refractivity contribution in [3.63, 3.8) is 0 Å². The Morgan fingerprint density at radius 2 is 1.53 bits per heavy atom. The van der Waals surface area contributed by atoms with Crippen LogP contribution in [0.3, 0.4) is 0 Å². The number of nitro groups is 2. The molecule has 0 aliphatic carbocycles. The van der Waals surface area contributed by atoms with Crippen molar-refractivity contribution < 1.29 is 19.4 Å². The Bertz CT molecular complexity index is 1170. The number of thiocarbonyl (C=S) groups is 1. The van der Waals surface area contributed by atoms with Crippen LogP contribution in [-0.4, -0.2) is 27.5 Å². The lowest BCUT2D eigenvalue weighted by Gasteiger charge is -2.11. The number of anilines is 1. The van der Waals surface area contributed by atoms with Crippen LogP contribution >= 0.6 is 12.2 Å². The molecular weight excluding hydrogens is 460 g/mol. The van der Waals surface area contributed by atoms with E-state index in [4.69, 9.17) is 17.0 Å². The molecule has 0 bridgehead atoms. The Kier molecular flexibility index (Phi) is 8.19. The highest BCUT2D eigenvalue weighted by Crippen LogP contribution is 2.23. The van der Waals surface area contributed by atoms with Gasteiger partial charge in [0.15, 0.2) is 5.11 Å². The van der Waals surface area contributed by atoms with Gasteiger partial charge in [0.2, 0.25) is 0 Å². The number of hydrogen-bond donors (Lipinski definition) is 2. The Morgan fingerprint density at radius 1 is 0.912 bits per heavy atom. The molecule has 34 heavy (non-hydrogen) atoms. The zero-order chi connectivity index (χ0) is 24.5. The van der Waals surface area contributed by atoms with Gasteiger partial charge >= 0.3 is 0 Å². The van der Waals surface area contributed by atoms with Crippen molar-refractivity contribution in [1.29, 1.82) is 0 Å². The van der Waals surface area contributed by atoms with Gasteiger partial charge < -0.3 is 10.1 Å². The highest BCUT2D eigenvalue weighted by molar-refractivity contribution is 7.80. The van der Waals surface area contributed by atoms with Gasteiger partial charge in [0.05, 0.1) is 28.1 Å². The molecule has 0 fully saturated rings. The number of carbonyl (C=O) groups excluding carboxylic acids is 1. The van der Waals surface area contributed by atoms with E-state index in [-0.39, 0.29) is 10.7 Å². The SMILES string of the molecule is O=C(NC(=S)Nc1ccc(OCCCc2ccccc2)cc1)c1cc([N+](=O)[O-])cc([N+](=O)[O-])c1. The first-order chi connectivity index (χ1) is 16.3. The molecule has 0 spiro atoms. The van der Waals surface area contributed by atoms with E-state index in [9.17, 15) is 25.0 Å². The first kappa shape index (κ1) is 24.3. The molecule has 3 aromatic carbocycles. The van der Waals surface area contributed by atoms with Gasteiger partial charge in [-0.2, -0.15) is 0 Å². The Balaban J connectivity index is 1.51. The van der Waals surface area contributed by atoms with E-state index in [1.807, 2.05) is 18.2 Å². The molecular formula is C23H20N4O6S. The van der Waals surface area contributed by atoms with Crippen molar-refractivity contribution >= 4 is 40.3 Å². The monoisotopic (exact) mass is 480 g/mol. The second-order valence-electron chi connectivity index (χ2n) is 7.12. The topological polar surface area (TPSA) is 137 Å². The van der Waals surface area contributed by atoms with E-state index in [0.29, 0.717) is 18.0 Å². The Morgan fingerprint density at radius 3 is 2.12 bits per heavy atom. The standard InChI is InChI=1S/C23H20N4O6S/c28-22(17-13-19(26(29)30)15-20(14-17)27(31)32)25-23(34)24-18-8-10-21(11-9-18)33-12-4-7-16-5-2-1-3-6-16/h1-3,5-6,8-11,13-15H,4,7,12H2,(H2,24,25,28,34). The lowest BCUT2D eigenvalue weighted by atomic mass is 10.1. The summed E-state index contributed by atoms with van der Waals surface area (Å²) >= 11 is 5.10. The minimum Gasteiger partial charge on any atom is -0.494 e. The molecule has 3 rings (SSSR count). The van der Waals surface area contributed by atoms with Crippen molar-refractivity contribution in [1.82, 2.24) is 5.32 Å². The molecule has 0 atom stereocenters. The maximum absolute atomic E-state index is 12.4. The molecule has 174 valence electrons. The number of benzene rings is 3. The second kappa shape index (κ2) is 11.5. The number of ether oxygens (including phenoxy) is 1. The number of hydrogen-bond acceptors (Lipinski definition) is 7. The van der Waals surface area contributed by atoms with Gasteiger partial charge in [-0.05, 0) is 54.9 Å². The lowest BCUT2D eigenvalue weighted by Crippen LogP contribution is -2.34. The van der Waals surface area contributed by atoms with Crippen molar-refractivity contribution in [3.05, 3.63) is 104 Å². The van der Waals surface area contributed by atoms with E-state index in [1.165, 1.54) is 5.56 Å². The van der Waals surface area contributed by atoms with Gasteiger partial charge in [-0.1, -0.05) is 30.3 Å². The first-order valence-electron chi connectivity index (χ1n) is 10.1. The van der Waals surface area contributed by atoms with Gasteiger partial charge in [-0.25, -0.2) is 0 Å². The number of amides is 1. The van der Waals surface area contributed by atoms with Crippen molar-refractivity contribution in [2.45, 2.75) is 12.8 Å². The maximum atomic E-state index is 12.4. The predicted molar refractivity (Wildman–Crippen MR) is 130 cm³/mol. The smallest absolute Gasteiger partial charge is 0.277 e. The highest BCUT2D eigenvalue weighted by atomic mass is 32.1. The molecule has 0 saturated heterocycles. The molecule has 0 unspecified atom stereocenters. The van der Waals surface area contributed by atoms with Crippen LogP contribution in [0.4, 0.5) is 17.1 Å². The quantitative estimate of drug-likeness (QED) is 0.196. The molecule has 1 amide bonds. The number of nitrogens with one attached hydrogen (secondary N) is 2. The maximum Gasteiger partial charge on any atom is 0.277 e. The molecule has 11 heteroatoms. The molecule has 0 heterocycles. The van der Waals surface area contributed by atoms with Crippen LogP contribution in [0, 0.1) is 20.2 Å². The normalized spacial score (nSPS) is 10.2. The third-order valence-corrected chi connectivity index (χ3v) is 4.85. The van der Waals surface area contributed by atoms with E-state index in [2.05, 4.69) is 22.8 Å². The zero-order valence-electron chi connectivity index (χ0n) is 17.8. The molecule has 3 aromatic rings. The molecule has 2 N–H and O–H groups in total. The highest BCUT2D eigenvalue weighted by Gasteiger charge is 2.20. The largest absolute Gasteiger partial charge is 0.494 e. The fourth-order valence-electron chi connectivity index (χ4n) is 3.02. The van der Waals surface area contributed by atoms with Crippen LogP contribution in [0.2, 0.25) is 0 Å². The van der Waals surface area contributed by atoms with Crippen LogP contribution < -0.4 is 15.4 Å². The summed E-state index contributed by atoms with van der Waals surface area (Å²) in [5.41, 5.74) is 0.423. The molecule has 0 aliphatic heterocycles. The molecule has 0 saturated carbocycles. The van der Waals surface area contributed by atoms with Crippen LogP contribution in [-0.2, 0) is 6.42 Å². The molecule has 0 radical (unpaired) electrons. The number of nitro benzene ring substituents is 2. The lowest BCUT2D eigenvalue weighted by molar-refractivity contribution is -0.394. The summed E-state index contributed by atoms with van der Waals surface area (Å²) < 4.78 is 5.73. The first-order valence-corrected chi connectivity index (χ1v) is 10.6. The van der Waals surface area contributed by atoms with Gasteiger partial charge in [0.25, 0.3) is 17.3 Å². The van der Waals surface area contributed by atoms with Crippen LogP contribution in [0.15, 0.2) is 72.8 Å². The van der Waals surface area contributed by atoms with Crippen molar-refractivity contribution in [2.24, 2.45) is 0 Å². The summed E-state index contributed by atoms with van der Waals surface area (Å²) in [5, 5.41) is 27.1. The van der Waals surface area contributed by atoms with Crippen molar-refractivity contribution in [2.75, 3.05) is 11.9 Å². The molecule has 0 aromatic heterocycles. The van der Waals surface area contributed by atoms with Gasteiger partial charge in [-0.15, -0.1) is 0 Å². The van der Waals surface area contributed by atoms with Gasteiger partial charge in [-0.3, -0.25) is 30.3 Å². The number of carbonyl (C=O) groups is 1. The van der Waals surface area contributed by atoms with Crippen LogP contribution in [0.5, 0.6) is 5.75 Å². The summed E-state index contributed by atoms with van der Waals surface area (Å²) in [7, 11) is 0. The van der Waals surface area contributed by atoms with Crippen LogP contribution in [0.25, 0.3) is 0 Å². The predicted octanol–water partition coefficient (Wildman–Crippen LogP) is 4.64. The molecule has 0 aliphatic rings. The average molecular weight is 481 g/mol. The van der Waals surface area contributed by atoms with Gasteiger partial charge in [0, 0.05) is 17.8 Å². The Hall–Kier alpha value is -4.38. The van der Waals surface area contributed by atoms with E-state index in [1.54, 1.807) is 24.3 Å². The summed E-state index contributed by atoms with van der Waals surface area (Å²) in [6.45, 7) is 0.561. The second-order valence-corrected chi connectivity index (χ2v) is 7.53. The van der Waals surface area contributed by atoms with Gasteiger partial charge in [0.1, 0.15) is 5.75 Å². The fraction of sp³-hybridized carbons (Fsp3) is 0.130. The minimum atomic E-state index is -0.817. The van der Waals surface area contributed by atoms with E-state index >= 15 is 0 Å². The number of nitrogens with zero attached hydrogens (tertiary/aromatic N) is 2. The van der Waals surface area contributed by atoms with Crippen LogP contribution in [0.1, 0.15) is 22.3 Å².